The maximum absolute atomic E-state index is 13.3. The fraction of sp³-hybridized carbons (Fsp3) is 0.722. The molecule has 1 aromatic heterocycles. The molecule has 2 heterocycles. The molecule has 4 rings (SSSR count). The van der Waals surface area contributed by atoms with Gasteiger partial charge in [-0.05, 0) is 37.3 Å². The van der Waals surface area contributed by atoms with Crippen molar-refractivity contribution in [2.24, 2.45) is 5.41 Å². The Labute approximate surface area is 148 Å². The van der Waals surface area contributed by atoms with Crippen molar-refractivity contribution in [1.29, 1.82) is 0 Å². The number of hydrogen-bond donors (Lipinski definition) is 0. The number of carbonyl (C=O) groups is 1. The van der Waals surface area contributed by atoms with Crippen LogP contribution in [0.5, 0.6) is 0 Å². The largest absolute Gasteiger partial charge is 0.351 e. The first-order valence-electron chi connectivity index (χ1n) is 9.18. The summed E-state index contributed by atoms with van der Waals surface area (Å²) in [6, 6.07) is 0.466. The van der Waals surface area contributed by atoms with E-state index in [9.17, 15) is 4.79 Å². The van der Waals surface area contributed by atoms with Crippen molar-refractivity contribution in [2.75, 3.05) is 23.4 Å². The lowest BCUT2D eigenvalue weighted by atomic mass is 9.72. The van der Waals surface area contributed by atoms with Crippen LogP contribution in [0.1, 0.15) is 57.8 Å². The monoisotopic (exact) mass is 348 g/mol. The predicted octanol–water partition coefficient (Wildman–Crippen LogP) is 3.81. The van der Waals surface area contributed by atoms with Crippen LogP contribution in [0.25, 0.3) is 0 Å². The standard InChI is InChI=1S/C18H25ClN4O/c1-22-14-11-20-17(19)21-15(14)23(13-7-3-4-8-13)12-18(16(22)24)9-5-2-6-10-18/h11,13H,2-10,12H2,1H3. The first kappa shape index (κ1) is 16.1. The van der Waals surface area contributed by atoms with Gasteiger partial charge in [0.15, 0.2) is 5.82 Å². The first-order valence-corrected chi connectivity index (χ1v) is 9.56. The number of halogens is 1. The fourth-order valence-electron chi connectivity index (χ4n) is 4.85. The van der Waals surface area contributed by atoms with Gasteiger partial charge < -0.3 is 9.80 Å². The van der Waals surface area contributed by atoms with Gasteiger partial charge in [-0.3, -0.25) is 4.79 Å². The van der Waals surface area contributed by atoms with E-state index in [1.165, 1.54) is 32.1 Å². The zero-order valence-electron chi connectivity index (χ0n) is 14.3. The van der Waals surface area contributed by atoms with Crippen LogP contribution >= 0.6 is 11.6 Å². The summed E-state index contributed by atoms with van der Waals surface area (Å²) in [7, 11) is 1.87. The van der Waals surface area contributed by atoms with Gasteiger partial charge in [0.05, 0.1) is 11.6 Å². The van der Waals surface area contributed by atoms with E-state index in [0.29, 0.717) is 6.04 Å². The molecule has 2 fully saturated rings. The van der Waals surface area contributed by atoms with E-state index in [-0.39, 0.29) is 16.6 Å². The second-order valence-corrected chi connectivity index (χ2v) is 7.96. The van der Waals surface area contributed by atoms with E-state index in [1.54, 1.807) is 11.1 Å². The summed E-state index contributed by atoms with van der Waals surface area (Å²) in [4.78, 5) is 26.2. The van der Waals surface area contributed by atoms with Crippen LogP contribution in [-0.4, -0.2) is 35.5 Å². The Hall–Kier alpha value is -1.36. The number of carbonyl (C=O) groups excluding carboxylic acids is 1. The van der Waals surface area contributed by atoms with Crippen LogP contribution in [0.4, 0.5) is 11.5 Å². The van der Waals surface area contributed by atoms with Crippen molar-refractivity contribution in [1.82, 2.24) is 9.97 Å². The molecule has 2 aliphatic carbocycles. The Morgan fingerprint density at radius 3 is 2.58 bits per heavy atom. The summed E-state index contributed by atoms with van der Waals surface area (Å²) in [6.45, 7) is 0.779. The molecular formula is C18H25ClN4O. The van der Waals surface area contributed by atoms with E-state index in [2.05, 4.69) is 14.9 Å². The zero-order chi connectivity index (χ0) is 16.7. The molecule has 3 aliphatic rings. The highest BCUT2D eigenvalue weighted by molar-refractivity contribution is 6.28. The maximum atomic E-state index is 13.3. The topological polar surface area (TPSA) is 49.3 Å². The highest BCUT2D eigenvalue weighted by Crippen LogP contribution is 2.46. The lowest BCUT2D eigenvalue weighted by Gasteiger charge is -2.40. The second-order valence-electron chi connectivity index (χ2n) is 7.62. The third-order valence-corrected chi connectivity index (χ3v) is 6.34. The molecule has 0 N–H and O–H groups in total. The molecule has 0 atom stereocenters. The molecule has 2 saturated carbocycles. The van der Waals surface area contributed by atoms with E-state index < -0.39 is 0 Å². The Kier molecular flexibility index (Phi) is 4.15. The van der Waals surface area contributed by atoms with Crippen LogP contribution < -0.4 is 9.80 Å². The van der Waals surface area contributed by atoms with E-state index >= 15 is 0 Å². The van der Waals surface area contributed by atoms with Gasteiger partial charge in [0.2, 0.25) is 11.2 Å². The summed E-state index contributed by atoms with van der Waals surface area (Å²) in [5.74, 6) is 1.08. The molecule has 0 unspecified atom stereocenters. The predicted molar refractivity (Wildman–Crippen MR) is 95.6 cm³/mol. The third-order valence-electron chi connectivity index (χ3n) is 6.16. The molecule has 6 heteroatoms. The SMILES string of the molecule is CN1C(=O)C2(CCCCC2)CN(C2CCCC2)c2nc(Cl)ncc21. The minimum Gasteiger partial charge on any atom is -0.351 e. The minimum absolute atomic E-state index is 0.231. The lowest BCUT2D eigenvalue weighted by molar-refractivity contribution is -0.129. The van der Waals surface area contributed by atoms with E-state index in [0.717, 1.165) is 43.7 Å². The molecule has 1 aromatic rings. The first-order chi connectivity index (χ1) is 11.6. The second kappa shape index (κ2) is 6.17. The van der Waals surface area contributed by atoms with Crippen LogP contribution in [-0.2, 0) is 4.79 Å². The third kappa shape index (κ3) is 2.57. The zero-order valence-corrected chi connectivity index (χ0v) is 15.1. The quantitative estimate of drug-likeness (QED) is 0.724. The van der Waals surface area contributed by atoms with Gasteiger partial charge in [-0.2, -0.15) is 4.98 Å². The summed E-state index contributed by atoms with van der Waals surface area (Å²) in [5.41, 5.74) is 0.529. The van der Waals surface area contributed by atoms with Gasteiger partial charge in [-0.1, -0.05) is 32.1 Å². The summed E-state index contributed by atoms with van der Waals surface area (Å²) in [5, 5.41) is 0.261. The molecule has 0 radical (unpaired) electrons. The number of aromatic nitrogens is 2. The summed E-state index contributed by atoms with van der Waals surface area (Å²) in [6.07, 6.45) is 12.1. The lowest BCUT2D eigenvalue weighted by Crippen LogP contribution is -2.49. The Balaban J connectivity index is 1.82. The van der Waals surface area contributed by atoms with Crippen molar-refractivity contribution in [2.45, 2.75) is 63.8 Å². The Bertz CT molecular complexity index is 638. The van der Waals surface area contributed by atoms with Crippen LogP contribution in [0.3, 0.4) is 0 Å². The smallest absolute Gasteiger partial charge is 0.234 e. The van der Waals surface area contributed by atoms with Crippen molar-refractivity contribution < 1.29 is 4.79 Å². The normalized spacial score (nSPS) is 24.3. The minimum atomic E-state index is -0.275. The van der Waals surface area contributed by atoms with Gasteiger partial charge in [0.25, 0.3) is 0 Å². The average molecular weight is 349 g/mol. The number of hydrogen-bond acceptors (Lipinski definition) is 4. The highest BCUT2D eigenvalue weighted by Gasteiger charge is 2.47. The molecule has 0 saturated heterocycles. The van der Waals surface area contributed by atoms with Gasteiger partial charge >= 0.3 is 0 Å². The van der Waals surface area contributed by atoms with Crippen molar-refractivity contribution in [3.05, 3.63) is 11.5 Å². The van der Waals surface area contributed by atoms with Gasteiger partial charge in [-0.25, -0.2) is 4.98 Å². The van der Waals surface area contributed by atoms with Crippen LogP contribution in [0.2, 0.25) is 5.28 Å². The molecule has 0 bridgehead atoms. The number of anilines is 2. The molecule has 1 amide bonds. The van der Waals surface area contributed by atoms with E-state index in [1.807, 2.05) is 7.05 Å². The van der Waals surface area contributed by atoms with Crippen LogP contribution in [0, 0.1) is 5.41 Å². The summed E-state index contributed by atoms with van der Waals surface area (Å²) < 4.78 is 0. The van der Waals surface area contributed by atoms with E-state index in [4.69, 9.17) is 11.6 Å². The van der Waals surface area contributed by atoms with Crippen LogP contribution in [0.15, 0.2) is 6.20 Å². The van der Waals surface area contributed by atoms with Gasteiger partial charge in [0.1, 0.15) is 5.69 Å². The molecule has 5 nitrogen and oxygen atoms in total. The molecular weight excluding hydrogens is 324 g/mol. The van der Waals surface area contributed by atoms with Crippen molar-refractivity contribution in [3.63, 3.8) is 0 Å². The number of rotatable bonds is 1. The van der Waals surface area contributed by atoms with Gasteiger partial charge in [-0.15, -0.1) is 0 Å². The van der Waals surface area contributed by atoms with Crippen molar-refractivity contribution >= 4 is 29.0 Å². The molecule has 24 heavy (non-hydrogen) atoms. The molecule has 1 spiro atoms. The molecule has 1 aliphatic heterocycles. The number of amides is 1. The number of fused-ring (bicyclic) bond motifs is 1. The molecule has 0 aromatic carbocycles. The maximum Gasteiger partial charge on any atom is 0.234 e. The Morgan fingerprint density at radius 1 is 1.17 bits per heavy atom. The fourth-order valence-corrected chi connectivity index (χ4v) is 4.97. The molecule has 130 valence electrons. The highest BCUT2D eigenvalue weighted by atomic mass is 35.5. The Morgan fingerprint density at radius 2 is 1.88 bits per heavy atom. The van der Waals surface area contributed by atoms with Gasteiger partial charge in [0, 0.05) is 19.6 Å². The average Bonchev–Trinajstić information content (AvgIpc) is 3.11. The van der Waals surface area contributed by atoms with Crippen molar-refractivity contribution in [3.8, 4) is 0 Å². The number of nitrogens with zero attached hydrogens (tertiary/aromatic N) is 4. The summed E-state index contributed by atoms with van der Waals surface area (Å²) >= 11 is 6.11.